The monoisotopic (exact) mass is 396 g/mol. The summed E-state index contributed by atoms with van der Waals surface area (Å²) < 4.78 is 7.51. The summed E-state index contributed by atoms with van der Waals surface area (Å²) in [5.74, 6) is 1.85. The Kier molecular flexibility index (Phi) is 6.26. The molecule has 0 aliphatic carbocycles. The van der Waals surface area contributed by atoms with Crippen molar-refractivity contribution in [1.82, 2.24) is 19.7 Å². The van der Waals surface area contributed by atoms with E-state index in [1.807, 2.05) is 36.4 Å². The lowest BCUT2D eigenvalue weighted by atomic mass is 10.1. The SMILES string of the molecule is Oc1ccccc1-c1nnc(SCCN2CCOCC2)n1Cc1ccccc1. The molecule has 4 rings (SSSR count). The lowest BCUT2D eigenvalue weighted by Gasteiger charge is -2.26. The molecule has 0 saturated carbocycles. The summed E-state index contributed by atoms with van der Waals surface area (Å²) in [6.45, 7) is 5.26. The number of benzene rings is 2. The molecule has 6 nitrogen and oxygen atoms in total. The molecule has 2 heterocycles. The van der Waals surface area contributed by atoms with Crippen molar-refractivity contribution in [2.24, 2.45) is 0 Å². The molecule has 0 amide bonds. The second kappa shape index (κ2) is 9.23. The van der Waals surface area contributed by atoms with Gasteiger partial charge in [-0.05, 0) is 17.7 Å². The van der Waals surface area contributed by atoms with E-state index in [9.17, 15) is 5.11 Å². The summed E-state index contributed by atoms with van der Waals surface area (Å²) in [6.07, 6.45) is 0. The molecule has 1 saturated heterocycles. The standard InChI is InChI=1S/C21H24N4O2S/c26-19-9-5-4-8-18(19)20-22-23-21(25(20)16-17-6-2-1-3-7-17)28-15-12-24-10-13-27-14-11-24/h1-9,26H,10-16H2. The molecule has 1 aliphatic rings. The number of para-hydroxylation sites is 1. The Balaban J connectivity index is 1.56. The van der Waals surface area contributed by atoms with Gasteiger partial charge in [0.25, 0.3) is 0 Å². The van der Waals surface area contributed by atoms with Gasteiger partial charge < -0.3 is 9.84 Å². The molecule has 146 valence electrons. The average Bonchev–Trinajstić information content (AvgIpc) is 3.12. The first kappa shape index (κ1) is 19.0. The highest BCUT2D eigenvalue weighted by Gasteiger charge is 2.18. The largest absolute Gasteiger partial charge is 0.507 e. The third-order valence-corrected chi connectivity index (χ3v) is 5.73. The lowest BCUT2D eigenvalue weighted by Crippen LogP contribution is -2.37. The molecule has 7 heteroatoms. The van der Waals surface area contributed by atoms with Crippen LogP contribution in [0, 0.1) is 0 Å². The van der Waals surface area contributed by atoms with Gasteiger partial charge in [-0.15, -0.1) is 10.2 Å². The van der Waals surface area contributed by atoms with E-state index in [1.54, 1.807) is 17.8 Å². The van der Waals surface area contributed by atoms with Gasteiger partial charge in [0.15, 0.2) is 11.0 Å². The first-order valence-electron chi connectivity index (χ1n) is 9.49. The van der Waals surface area contributed by atoms with E-state index >= 15 is 0 Å². The number of hydrogen-bond acceptors (Lipinski definition) is 6. The van der Waals surface area contributed by atoms with E-state index < -0.39 is 0 Å². The van der Waals surface area contributed by atoms with Crippen molar-refractivity contribution in [2.45, 2.75) is 11.7 Å². The minimum atomic E-state index is 0.217. The van der Waals surface area contributed by atoms with Crippen molar-refractivity contribution >= 4 is 11.8 Å². The molecular weight excluding hydrogens is 372 g/mol. The Hall–Kier alpha value is -2.35. The smallest absolute Gasteiger partial charge is 0.191 e. The number of thioether (sulfide) groups is 1. The van der Waals surface area contributed by atoms with Crippen LogP contribution in [-0.4, -0.2) is 63.4 Å². The zero-order valence-electron chi connectivity index (χ0n) is 15.7. The number of hydrogen-bond donors (Lipinski definition) is 1. The summed E-state index contributed by atoms with van der Waals surface area (Å²) in [7, 11) is 0. The van der Waals surface area contributed by atoms with E-state index in [-0.39, 0.29) is 5.75 Å². The van der Waals surface area contributed by atoms with Crippen LogP contribution in [0.4, 0.5) is 0 Å². The molecule has 0 atom stereocenters. The van der Waals surface area contributed by atoms with Gasteiger partial charge in [-0.3, -0.25) is 9.47 Å². The van der Waals surface area contributed by atoms with Crippen molar-refractivity contribution in [3.05, 3.63) is 60.2 Å². The number of ether oxygens (including phenoxy) is 1. The zero-order valence-corrected chi connectivity index (χ0v) is 16.5. The molecule has 28 heavy (non-hydrogen) atoms. The van der Waals surface area contributed by atoms with E-state index in [1.165, 1.54) is 5.56 Å². The van der Waals surface area contributed by atoms with Crippen LogP contribution in [-0.2, 0) is 11.3 Å². The van der Waals surface area contributed by atoms with Crippen LogP contribution in [0.25, 0.3) is 11.4 Å². The van der Waals surface area contributed by atoms with Gasteiger partial charge in [0.1, 0.15) is 5.75 Å². The van der Waals surface area contributed by atoms with Gasteiger partial charge >= 0.3 is 0 Å². The van der Waals surface area contributed by atoms with Gasteiger partial charge in [-0.2, -0.15) is 0 Å². The van der Waals surface area contributed by atoms with E-state index in [0.717, 1.165) is 43.8 Å². The molecule has 1 fully saturated rings. The minimum Gasteiger partial charge on any atom is -0.507 e. The normalized spacial score (nSPS) is 15.0. The molecule has 1 aliphatic heterocycles. The fourth-order valence-electron chi connectivity index (χ4n) is 3.26. The highest BCUT2D eigenvalue weighted by molar-refractivity contribution is 7.99. The Morgan fingerprint density at radius 1 is 0.964 bits per heavy atom. The van der Waals surface area contributed by atoms with Crippen LogP contribution >= 0.6 is 11.8 Å². The first-order chi connectivity index (χ1) is 13.8. The topological polar surface area (TPSA) is 63.4 Å². The number of aromatic hydroxyl groups is 1. The van der Waals surface area contributed by atoms with E-state index in [2.05, 4.69) is 31.8 Å². The summed E-state index contributed by atoms with van der Waals surface area (Å²) in [5.41, 5.74) is 1.87. The molecule has 0 radical (unpaired) electrons. The Labute approximate surface area is 169 Å². The van der Waals surface area contributed by atoms with Crippen molar-refractivity contribution < 1.29 is 9.84 Å². The van der Waals surface area contributed by atoms with Crippen LogP contribution in [0.3, 0.4) is 0 Å². The molecule has 0 bridgehead atoms. The molecule has 0 unspecified atom stereocenters. The highest BCUT2D eigenvalue weighted by atomic mass is 32.2. The molecular formula is C21H24N4O2S. The van der Waals surface area contributed by atoms with E-state index in [0.29, 0.717) is 17.9 Å². The number of aromatic nitrogens is 3. The maximum absolute atomic E-state index is 10.3. The zero-order chi connectivity index (χ0) is 19.2. The van der Waals surface area contributed by atoms with Crippen LogP contribution in [0.5, 0.6) is 5.75 Å². The highest BCUT2D eigenvalue weighted by Crippen LogP contribution is 2.30. The Bertz CT molecular complexity index is 894. The van der Waals surface area contributed by atoms with Gasteiger partial charge in [-0.1, -0.05) is 54.2 Å². The van der Waals surface area contributed by atoms with Gasteiger partial charge in [0.2, 0.25) is 0 Å². The lowest BCUT2D eigenvalue weighted by molar-refractivity contribution is 0.0410. The third-order valence-electron chi connectivity index (χ3n) is 4.79. The van der Waals surface area contributed by atoms with Crippen LogP contribution in [0.1, 0.15) is 5.56 Å². The van der Waals surface area contributed by atoms with Crippen molar-refractivity contribution in [1.29, 1.82) is 0 Å². The van der Waals surface area contributed by atoms with Gasteiger partial charge in [0.05, 0.1) is 25.3 Å². The van der Waals surface area contributed by atoms with Crippen LogP contribution in [0.15, 0.2) is 59.8 Å². The predicted octanol–water partition coefficient (Wildman–Crippen LogP) is 3.12. The number of phenolic OH excluding ortho intramolecular Hbond substituents is 1. The maximum atomic E-state index is 10.3. The number of rotatable bonds is 7. The number of morpholine rings is 1. The maximum Gasteiger partial charge on any atom is 0.191 e. The fourth-order valence-corrected chi connectivity index (χ4v) is 4.19. The second-order valence-corrected chi connectivity index (χ2v) is 7.76. The average molecular weight is 397 g/mol. The van der Waals surface area contributed by atoms with Crippen molar-refractivity contribution in [2.75, 3.05) is 38.6 Å². The number of nitrogens with zero attached hydrogens (tertiary/aromatic N) is 4. The Morgan fingerprint density at radius 3 is 2.50 bits per heavy atom. The predicted molar refractivity (Wildman–Crippen MR) is 111 cm³/mol. The van der Waals surface area contributed by atoms with Crippen LogP contribution < -0.4 is 0 Å². The quantitative estimate of drug-likeness (QED) is 0.619. The molecule has 1 aromatic heterocycles. The molecule has 0 spiro atoms. The minimum absolute atomic E-state index is 0.217. The van der Waals surface area contributed by atoms with Crippen molar-refractivity contribution in [3.63, 3.8) is 0 Å². The Morgan fingerprint density at radius 2 is 1.71 bits per heavy atom. The molecule has 1 N–H and O–H groups in total. The summed E-state index contributed by atoms with van der Waals surface area (Å²) >= 11 is 1.71. The molecule has 3 aromatic rings. The van der Waals surface area contributed by atoms with E-state index in [4.69, 9.17) is 4.74 Å². The summed E-state index contributed by atoms with van der Waals surface area (Å²) in [6, 6.07) is 17.5. The third kappa shape index (κ3) is 4.55. The number of phenols is 1. The fraction of sp³-hybridized carbons (Fsp3) is 0.333. The summed E-state index contributed by atoms with van der Waals surface area (Å²) in [4.78, 5) is 2.42. The van der Waals surface area contributed by atoms with Gasteiger partial charge in [-0.25, -0.2) is 0 Å². The second-order valence-electron chi connectivity index (χ2n) is 6.70. The van der Waals surface area contributed by atoms with Gasteiger partial charge in [0, 0.05) is 25.4 Å². The van der Waals surface area contributed by atoms with Crippen molar-refractivity contribution in [3.8, 4) is 17.1 Å². The van der Waals surface area contributed by atoms with Crippen LogP contribution in [0.2, 0.25) is 0 Å². The first-order valence-corrected chi connectivity index (χ1v) is 10.5. The molecule has 2 aromatic carbocycles. The summed E-state index contributed by atoms with van der Waals surface area (Å²) in [5, 5.41) is 20.0.